The van der Waals surface area contributed by atoms with Crippen molar-refractivity contribution >= 4 is 17.6 Å². The van der Waals surface area contributed by atoms with Gasteiger partial charge in [-0.05, 0) is 30.7 Å². The first-order valence-electron chi connectivity index (χ1n) is 6.78. The Bertz CT molecular complexity index is 665. The molecule has 0 heterocycles. The van der Waals surface area contributed by atoms with Crippen LogP contribution in [0.3, 0.4) is 0 Å². The van der Waals surface area contributed by atoms with E-state index in [1.165, 1.54) is 0 Å². The first kappa shape index (κ1) is 14.8. The van der Waals surface area contributed by atoms with Crippen molar-refractivity contribution in [2.75, 3.05) is 5.32 Å². The summed E-state index contributed by atoms with van der Waals surface area (Å²) in [6.07, 6.45) is 0.361. The van der Waals surface area contributed by atoms with Gasteiger partial charge in [0.25, 0.3) is 0 Å². The molecule has 21 heavy (non-hydrogen) atoms. The number of para-hydroxylation sites is 2. The molecule has 1 amide bonds. The highest BCUT2D eigenvalue weighted by Gasteiger charge is 2.14. The van der Waals surface area contributed by atoms with Crippen LogP contribution in [0.15, 0.2) is 48.5 Å². The first-order valence-corrected chi connectivity index (χ1v) is 6.78. The number of benzene rings is 2. The molecule has 1 N–H and O–H groups in total. The van der Waals surface area contributed by atoms with E-state index in [1.807, 2.05) is 19.1 Å². The maximum Gasteiger partial charge on any atom is 0.343 e. The second-order valence-corrected chi connectivity index (χ2v) is 4.60. The van der Waals surface area contributed by atoms with Crippen LogP contribution in [0.25, 0.3) is 0 Å². The molecular weight excluding hydrogens is 266 g/mol. The molecule has 0 aliphatic carbocycles. The van der Waals surface area contributed by atoms with Crippen molar-refractivity contribution in [3.05, 3.63) is 59.7 Å². The van der Waals surface area contributed by atoms with E-state index in [0.717, 1.165) is 5.56 Å². The molecule has 0 saturated heterocycles. The quantitative estimate of drug-likeness (QED) is 0.689. The minimum atomic E-state index is -0.439. The summed E-state index contributed by atoms with van der Waals surface area (Å²) in [7, 11) is 0. The van der Waals surface area contributed by atoms with Crippen LogP contribution in [-0.4, -0.2) is 11.9 Å². The molecule has 108 valence electrons. The molecule has 0 bridgehead atoms. The minimum Gasteiger partial charge on any atom is -0.421 e. The standard InChI is InChI=1S/C17H17NO3/c1-3-16(19)18-14-10-6-7-11-15(14)21-17(20)13-9-5-4-8-12(13)2/h4-11H,3H2,1-2H3,(H,18,19). The first-order chi connectivity index (χ1) is 10.1. The van der Waals surface area contributed by atoms with Gasteiger partial charge in [0.2, 0.25) is 5.91 Å². The Morgan fingerprint density at radius 1 is 1.05 bits per heavy atom. The lowest BCUT2D eigenvalue weighted by molar-refractivity contribution is -0.115. The highest BCUT2D eigenvalue weighted by molar-refractivity contribution is 5.95. The summed E-state index contributed by atoms with van der Waals surface area (Å²) in [5.41, 5.74) is 1.85. The summed E-state index contributed by atoms with van der Waals surface area (Å²) in [5, 5.41) is 2.72. The van der Waals surface area contributed by atoms with E-state index in [2.05, 4.69) is 5.32 Å². The Morgan fingerprint density at radius 2 is 1.71 bits per heavy atom. The molecule has 0 unspecified atom stereocenters. The third-order valence-corrected chi connectivity index (χ3v) is 3.05. The summed E-state index contributed by atoms with van der Waals surface area (Å²) in [5.74, 6) is -0.228. The molecule has 0 radical (unpaired) electrons. The summed E-state index contributed by atoms with van der Waals surface area (Å²) in [6, 6.07) is 14.1. The Labute approximate surface area is 123 Å². The maximum atomic E-state index is 12.2. The highest BCUT2D eigenvalue weighted by atomic mass is 16.5. The predicted molar refractivity (Wildman–Crippen MR) is 81.5 cm³/mol. The van der Waals surface area contributed by atoms with Crippen molar-refractivity contribution in [1.82, 2.24) is 0 Å². The fraction of sp³-hybridized carbons (Fsp3) is 0.176. The largest absolute Gasteiger partial charge is 0.421 e. The third-order valence-electron chi connectivity index (χ3n) is 3.05. The van der Waals surface area contributed by atoms with Crippen LogP contribution in [0.5, 0.6) is 5.75 Å². The molecule has 2 aromatic carbocycles. The SMILES string of the molecule is CCC(=O)Nc1ccccc1OC(=O)c1ccccc1C. The molecule has 0 aromatic heterocycles. The van der Waals surface area contributed by atoms with Crippen LogP contribution >= 0.6 is 0 Å². The number of hydrogen-bond acceptors (Lipinski definition) is 3. The number of esters is 1. The van der Waals surface area contributed by atoms with Crippen molar-refractivity contribution in [2.45, 2.75) is 20.3 Å². The molecule has 0 aliphatic heterocycles. The Morgan fingerprint density at radius 3 is 2.43 bits per heavy atom. The zero-order valence-electron chi connectivity index (χ0n) is 12.1. The van der Waals surface area contributed by atoms with Gasteiger partial charge in [0.1, 0.15) is 0 Å². The Hall–Kier alpha value is -2.62. The molecule has 0 fully saturated rings. The summed E-state index contributed by atoms with van der Waals surface area (Å²) in [6.45, 7) is 3.61. The maximum absolute atomic E-state index is 12.2. The number of aryl methyl sites for hydroxylation is 1. The van der Waals surface area contributed by atoms with Gasteiger partial charge in [-0.15, -0.1) is 0 Å². The smallest absolute Gasteiger partial charge is 0.343 e. The number of carbonyl (C=O) groups excluding carboxylic acids is 2. The van der Waals surface area contributed by atoms with E-state index in [0.29, 0.717) is 23.4 Å². The molecule has 0 saturated carbocycles. The number of rotatable bonds is 4. The van der Waals surface area contributed by atoms with Crippen molar-refractivity contribution in [2.24, 2.45) is 0 Å². The van der Waals surface area contributed by atoms with Crippen molar-refractivity contribution in [3.8, 4) is 5.75 Å². The number of nitrogens with one attached hydrogen (secondary N) is 1. The van der Waals surface area contributed by atoms with E-state index in [-0.39, 0.29) is 5.91 Å². The van der Waals surface area contributed by atoms with Crippen molar-refractivity contribution < 1.29 is 14.3 Å². The Kier molecular flexibility index (Phi) is 4.72. The molecule has 2 aromatic rings. The van der Waals surface area contributed by atoms with Gasteiger partial charge in [0, 0.05) is 6.42 Å². The monoisotopic (exact) mass is 283 g/mol. The fourth-order valence-electron chi connectivity index (χ4n) is 1.85. The minimum absolute atomic E-state index is 0.130. The van der Waals surface area contributed by atoms with Crippen LogP contribution in [0.1, 0.15) is 29.3 Å². The normalized spacial score (nSPS) is 10.0. The van der Waals surface area contributed by atoms with Gasteiger partial charge in [-0.1, -0.05) is 37.3 Å². The van der Waals surface area contributed by atoms with Gasteiger partial charge in [-0.2, -0.15) is 0 Å². The molecule has 2 rings (SSSR count). The van der Waals surface area contributed by atoms with Crippen molar-refractivity contribution in [1.29, 1.82) is 0 Å². The lowest BCUT2D eigenvalue weighted by Crippen LogP contribution is -2.14. The highest BCUT2D eigenvalue weighted by Crippen LogP contribution is 2.25. The van der Waals surface area contributed by atoms with E-state index < -0.39 is 5.97 Å². The van der Waals surface area contributed by atoms with E-state index in [9.17, 15) is 9.59 Å². The van der Waals surface area contributed by atoms with Gasteiger partial charge in [-0.3, -0.25) is 4.79 Å². The van der Waals surface area contributed by atoms with Gasteiger partial charge in [0.15, 0.2) is 5.75 Å². The lowest BCUT2D eigenvalue weighted by Gasteiger charge is -2.11. The molecule has 0 atom stereocenters. The lowest BCUT2D eigenvalue weighted by atomic mass is 10.1. The fourth-order valence-corrected chi connectivity index (χ4v) is 1.85. The molecule has 0 aliphatic rings. The number of carbonyl (C=O) groups is 2. The zero-order valence-corrected chi connectivity index (χ0v) is 12.1. The average molecular weight is 283 g/mol. The molecule has 4 heteroatoms. The van der Waals surface area contributed by atoms with Crippen LogP contribution in [-0.2, 0) is 4.79 Å². The van der Waals surface area contributed by atoms with Gasteiger partial charge >= 0.3 is 5.97 Å². The summed E-state index contributed by atoms with van der Waals surface area (Å²) >= 11 is 0. The molecule has 0 spiro atoms. The number of hydrogen-bond donors (Lipinski definition) is 1. The predicted octanol–water partition coefficient (Wildman–Crippen LogP) is 3.56. The second-order valence-electron chi connectivity index (χ2n) is 4.60. The zero-order chi connectivity index (χ0) is 15.2. The molecule has 4 nitrogen and oxygen atoms in total. The summed E-state index contributed by atoms with van der Waals surface area (Å²) < 4.78 is 5.40. The van der Waals surface area contributed by atoms with Crippen LogP contribution in [0.4, 0.5) is 5.69 Å². The number of anilines is 1. The molecular formula is C17H17NO3. The Balaban J connectivity index is 2.22. The second kappa shape index (κ2) is 6.70. The van der Waals surface area contributed by atoms with Crippen LogP contribution < -0.4 is 10.1 Å². The van der Waals surface area contributed by atoms with Gasteiger partial charge in [0.05, 0.1) is 11.3 Å². The average Bonchev–Trinajstić information content (AvgIpc) is 2.49. The van der Waals surface area contributed by atoms with Crippen LogP contribution in [0, 0.1) is 6.92 Å². The van der Waals surface area contributed by atoms with E-state index >= 15 is 0 Å². The van der Waals surface area contributed by atoms with Gasteiger partial charge < -0.3 is 10.1 Å². The van der Waals surface area contributed by atoms with Gasteiger partial charge in [-0.25, -0.2) is 4.79 Å². The number of ether oxygens (including phenoxy) is 1. The van der Waals surface area contributed by atoms with E-state index in [1.54, 1.807) is 43.3 Å². The van der Waals surface area contributed by atoms with E-state index in [4.69, 9.17) is 4.74 Å². The van der Waals surface area contributed by atoms with Crippen LogP contribution in [0.2, 0.25) is 0 Å². The number of amides is 1. The summed E-state index contributed by atoms with van der Waals surface area (Å²) in [4.78, 5) is 23.7. The third kappa shape index (κ3) is 3.69. The topological polar surface area (TPSA) is 55.4 Å². The van der Waals surface area contributed by atoms with Crippen molar-refractivity contribution in [3.63, 3.8) is 0 Å².